The number of thiophene rings is 1. The molecule has 0 saturated heterocycles. The van der Waals surface area contributed by atoms with Crippen molar-refractivity contribution in [2.45, 2.75) is 26.3 Å². The van der Waals surface area contributed by atoms with E-state index in [4.69, 9.17) is 5.11 Å². The summed E-state index contributed by atoms with van der Waals surface area (Å²) in [5.41, 5.74) is -0.536. The molecule has 20 heavy (non-hydrogen) atoms. The Kier molecular flexibility index (Phi) is 3.81. The Hall–Kier alpha value is -1.88. The van der Waals surface area contributed by atoms with E-state index in [1.165, 1.54) is 16.2 Å². The molecule has 2 rings (SSSR count). The number of hydrogen-bond donors (Lipinski definition) is 1. The van der Waals surface area contributed by atoms with Gasteiger partial charge in [-0.3, -0.25) is 9.59 Å². The highest BCUT2D eigenvalue weighted by Gasteiger charge is 2.30. The van der Waals surface area contributed by atoms with E-state index >= 15 is 0 Å². The van der Waals surface area contributed by atoms with Crippen molar-refractivity contribution in [2.75, 3.05) is 6.54 Å². The Labute approximate surface area is 121 Å². The number of rotatable bonds is 3. The van der Waals surface area contributed by atoms with E-state index in [1.54, 1.807) is 0 Å². The molecular formula is C15H17NO3S. The molecule has 0 radical (unpaired) electrons. The zero-order chi connectivity index (χ0) is 14.9. The van der Waals surface area contributed by atoms with E-state index < -0.39 is 11.5 Å². The van der Waals surface area contributed by atoms with Crippen molar-refractivity contribution in [1.29, 1.82) is 0 Å². The first-order chi connectivity index (χ1) is 9.29. The Morgan fingerprint density at radius 3 is 2.45 bits per heavy atom. The van der Waals surface area contributed by atoms with Crippen LogP contribution < -0.4 is 0 Å². The fraction of sp³-hybridized carbons (Fsp3) is 0.333. The quantitative estimate of drug-likeness (QED) is 0.944. The minimum absolute atomic E-state index is 0.235. The molecule has 1 N–H and O–H groups in total. The van der Waals surface area contributed by atoms with Gasteiger partial charge in [0.25, 0.3) is 5.91 Å². The van der Waals surface area contributed by atoms with Crippen LogP contribution in [0.2, 0.25) is 0 Å². The molecule has 1 amide bonds. The van der Waals surface area contributed by atoms with Gasteiger partial charge in [0.1, 0.15) is 6.54 Å². The third-order valence-corrected chi connectivity index (χ3v) is 4.09. The number of fused-ring (bicyclic) bond motifs is 1. The molecule has 0 aliphatic heterocycles. The molecule has 1 heterocycles. The van der Waals surface area contributed by atoms with Crippen molar-refractivity contribution in [3.8, 4) is 0 Å². The minimum Gasteiger partial charge on any atom is -0.480 e. The average molecular weight is 291 g/mol. The fourth-order valence-corrected chi connectivity index (χ4v) is 2.98. The molecule has 0 spiro atoms. The molecule has 0 unspecified atom stereocenters. The molecule has 0 aliphatic rings. The molecule has 0 bridgehead atoms. The first-order valence-electron chi connectivity index (χ1n) is 6.31. The minimum atomic E-state index is -1.01. The third kappa shape index (κ3) is 2.99. The fourth-order valence-electron chi connectivity index (χ4n) is 1.97. The van der Waals surface area contributed by atoms with Gasteiger partial charge in [-0.25, -0.2) is 0 Å². The summed E-state index contributed by atoms with van der Waals surface area (Å²) < 4.78 is 1.03. The molecule has 4 nitrogen and oxygen atoms in total. The van der Waals surface area contributed by atoms with Crippen molar-refractivity contribution in [2.24, 2.45) is 0 Å². The van der Waals surface area contributed by atoms with Crippen LogP contribution in [0.1, 0.15) is 30.4 Å². The van der Waals surface area contributed by atoms with Crippen LogP contribution in [-0.2, 0) is 4.79 Å². The highest BCUT2D eigenvalue weighted by molar-refractivity contribution is 7.20. The van der Waals surface area contributed by atoms with Gasteiger partial charge >= 0.3 is 5.97 Å². The number of amides is 1. The molecular weight excluding hydrogens is 274 g/mol. The van der Waals surface area contributed by atoms with Crippen LogP contribution >= 0.6 is 11.3 Å². The lowest BCUT2D eigenvalue weighted by molar-refractivity contribution is -0.138. The lowest BCUT2D eigenvalue weighted by Gasteiger charge is -2.34. The number of nitrogens with zero attached hydrogens (tertiary/aromatic N) is 1. The summed E-state index contributed by atoms with van der Waals surface area (Å²) in [6.45, 7) is 5.21. The smallest absolute Gasteiger partial charge is 0.323 e. The lowest BCUT2D eigenvalue weighted by Crippen LogP contribution is -2.48. The number of hydrogen-bond acceptors (Lipinski definition) is 3. The van der Waals surface area contributed by atoms with Gasteiger partial charge < -0.3 is 10.0 Å². The maximum atomic E-state index is 12.6. The summed E-state index contributed by atoms with van der Waals surface area (Å²) in [6, 6.07) is 9.56. The Balaban J connectivity index is 2.38. The molecule has 1 aromatic carbocycles. The summed E-state index contributed by atoms with van der Waals surface area (Å²) in [6.07, 6.45) is 0. The Bertz CT molecular complexity index is 621. The number of carboxylic acids is 1. The van der Waals surface area contributed by atoms with E-state index in [2.05, 4.69) is 0 Å². The second-order valence-corrected chi connectivity index (χ2v) is 6.69. The topological polar surface area (TPSA) is 57.6 Å². The first kappa shape index (κ1) is 14.5. The molecule has 1 aromatic heterocycles. The summed E-state index contributed by atoms with van der Waals surface area (Å²) in [5, 5.41) is 10.00. The van der Waals surface area contributed by atoms with Gasteiger partial charge in [0, 0.05) is 10.2 Å². The van der Waals surface area contributed by atoms with Gasteiger partial charge in [0.05, 0.1) is 4.88 Å². The largest absolute Gasteiger partial charge is 0.480 e. The molecule has 5 heteroatoms. The third-order valence-electron chi connectivity index (χ3n) is 2.98. The van der Waals surface area contributed by atoms with Gasteiger partial charge in [-0.2, -0.15) is 0 Å². The summed E-state index contributed by atoms with van der Waals surface area (Å²) in [4.78, 5) is 25.5. The highest BCUT2D eigenvalue weighted by Crippen LogP contribution is 2.28. The second kappa shape index (κ2) is 5.25. The maximum absolute atomic E-state index is 12.6. The number of carbonyl (C=O) groups excluding carboxylic acids is 1. The summed E-state index contributed by atoms with van der Waals surface area (Å²) in [5.74, 6) is -1.24. The monoisotopic (exact) mass is 291 g/mol. The van der Waals surface area contributed by atoms with Crippen molar-refractivity contribution >= 4 is 33.3 Å². The van der Waals surface area contributed by atoms with Crippen molar-refractivity contribution in [3.05, 3.63) is 35.2 Å². The van der Waals surface area contributed by atoms with Crippen LogP contribution in [0.3, 0.4) is 0 Å². The number of aliphatic carboxylic acids is 1. The Morgan fingerprint density at radius 1 is 1.25 bits per heavy atom. The SMILES string of the molecule is CC(C)(C)N(CC(=O)O)C(=O)c1cc2ccccc2s1. The molecule has 0 atom stereocenters. The van der Waals surface area contributed by atoms with Crippen LogP contribution in [0.15, 0.2) is 30.3 Å². The second-order valence-electron chi connectivity index (χ2n) is 5.60. The lowest BCUT2D eigenvalue weighted by atomic mass is 10.1. The van der Waals surface area contributed by atoms with Gasteiger partial charge in [0.2, 0.25) is 0 Å². The average Bonchev–Trinajstić information content (AvgIpc) is 2.77. The van der Waals surface area contributed by atoms with E-state index in [1.807, 2.05) is 51.1 Å². The molecule has 0 aliphatic carbocycles. The van der Waals surface area contributed by atoms with E-state index in [9.17, 15) is 9.59 Å². The van der Waals surface area contributed by atoms with Crippen LogP contribution in [0.4, 0.5) is 0 Å². The summed E-state index contributed by atoms with van der Waals surface area (Å²) >= 11 is 1.39. The number of carbonyl (C=O) groups is 2. The van der Waals surface area contributed by atoms with Gasteiger partial charge in [0.15, 0.2) is 0 Å². The predicted molar refractivity (Wildman–Crippen MR) is 80.3 cm³/mol. The van der Waals surface area contributed by atoms with Crippen LogP contribution in [0.5, 0.6) is 0 Å². The first-order valence-corrected chi connectivity index (χ1v) is 7.13. The van der Waals surface area contributed by atoms with E-state index in [0.717, 1.165) is 10.1 Å². The molecule has 0 fully saturated rings. The van der Waals surface area contributed by atoms with Gasteiger partial charge in [-0.05, 0) is 38.3 Å². The molecule has 2 aromatic rings. The Morgan fingerprint density at radius 2 is 1.90 bits per heavy atom. The zero-order valence-corrected chi connectivity index (χ0v) is 12.5. The van der Waals surface area contributed by atoms with Gasteiger partial charge in [-0.1, -0.05) is 18.2 Å². The van der Waals surface area contributed by atoms with E-state index in [0.29, 0.717) is 4.88 Å². The molecule has 106 valence electrons. The zero-order valence-electron chi connectivity index (χ0n) is 11.7. The highest BCUT2D eigenvalue weighted by atomic mass is 32.1. The van der Waals surface area contributed by atoms with Gasteiger partial charge in [-0.15, -0.1) is 11.3 Å². The summed E-state index contributed by atoms with van der Waals surface area (Å²) in [7, 11) is 0. The normalized spacial score (nSPS) is 11.6. The predicted octanol–water partition coefficient (Wildman–Crippen LogP) is 3.23. The van der Waals surface area contributed by atoms with Crippen molar-refractivity contribution in [1.82, 2.24) is 4.90 Å². The number of carboxylic acid groups (broad SMARTS) is 1. The van der Waals surface area contributed by atoms with Crippen molar-refractivity contribution < 1.29 is 14.7 Å². The standard InChI is InChI=1S/C15H17NO3S/c1-15(2,3)16(9-13(17)18)14(19)12-8-10-6-4-5-7-11(10)20-12/h4-8H,9H2,1-3H3,(H,17,18). The van der Waals surface area contributed by atoms with Crippen molar-refractivity contribution in [3.63, 3.8) is 0 Å². The maximum Gasteiger partial charge on any atom is 0.323 e. The molecule has 0 saturated carbocycles. The van der Waals surface area contributed by atoms with Crippen LogP contribution in [0, 0.1) is 0 Å². The number of benzene rings is 1. The van der Waals surface area contributed by atoms with Crippen LogP contribution in [-0.4, -0.2) is 34.0 Å². The van der Waals surface area contributed by atoms with E-state index in [-0.39, 0.29) is 12.5 Å². The van der Waals surface area contributed by atoms with Crippen LogP contribution in [0.25, 0.3) is 10.1 Å².